The molecule has 21 heavy (non-hydrogen) atoms. The zero-order chi connectivity index (χ0) is 15.2. The summed E-state index contributed by atoms with van der Waals surface area (Å²) in [6.07, 6.45) is 2.76. The first kappa shape index (κ1) is 15.4. The van der Waals surface area contributed by atoms with Gasteiger partial charge in [0.2, 0.25) is 0 Å². The first-order valence-corrected chi connectivity index (χ1v) is 7.19. The van der Waals surface area contributed by atoms with Crippen LogP contribution in [0.5, 0.6) is 11.5 Å². The van der Waals surface area contributed by atoms with Crippen molar-refractivity contribution in [1.29, 1.82) is 0 Å². The van der Waals surface area contributed by atoms with Crippen molar-refractivity contribution in [2.75, 3.05) is 13.7 Å². The number of aromatic amines is 1. The van der Waals surface area contributed by atoms with Crippen LogP contribution in [-0.4, -0.2) is 23.9 Å². The Bertz CT molecular complexity index is 579. The molecule has 0 aliphatic heterocycles. The number of benzene rings is 1. The molecule has 3 N–H and O–H groups in total. The van der Waals surface area contributed by atoms with Gasteiger partial charge in [0.1, 0.15) is 0 Å². The second-order valence-corrected chi connectivity index (χ2v) is 5.37. The number of hydrogen-bond acceptors (Lipinski definition) is 4. The Labute approximate surface area is 125 Å². The van der Waals surface area contributed by atoms with Crippen molar-refractivity contribution in [3.05, 3.63) is 30.0 Å². The number of nitrogens with zero attached hydrogens (tertiary/aromatic N) is 1. The minimum absolute atomic E-state index is 0.445. The SMILES string of the molecule is COc1cc(-c2[nH]ncc2CN)ccc1OCCC(C)C. The summed E-state index contributed by atoms with van der Waals surface area (Å²) in [6.45, 7) is 5.48. The molecule has 1 aromatic heterocycles. The number of aromatic nitrogens is 2. The Morgan fingerprint density at radius 3 is 2.76 bits per heavy atom. The second-order valence-electron chi connectivity index (χ2n) is 5.37. The maximum atomic E-state index is 5.79. The zero-order valence-electron chi connectivity index (χ0n) is 12.8. The number of hydrogen-bond donors (Lipinski definition) is 2. The molecule has 114 valence electrons. The molecule has 0 aliphatic rings. The second kappa shape index (κ2) is 7.13. The molecule has 0 saturated carbocycles. The summed E-state index contributed by atoms with van der Waals surface area (Å²) in [4.78, 5) is 0. The van der Waals surface area contributed by atoms with E-state index in [-0.39, 0.29) is 0 Å². The van der Waals surface area contributed by atoms with Gasteiger partial charge in [0.15, 0.2) is 11.5 Å². The Kier molecular flexibility index (Phi) is 5.22. The Morgan fingerprint density at radius 1 is 1.29 bits per heavy atom. The van der Waals surface area contributed by atoms with Crippen molar-refractivity contribution >= 4 is 0 Å². The molecule has 0 bridgehead atoms. The van der Waals surface area contributed by atoms with Crippen LogP contribution in [0.4, 0.5) is 0 Å². The molecule has 1 aromatic carbocycles. The fourth-order valence-corrected chi connectivity index (χ4v) is 2.06. The van der Waals surface area contributed by atoms with Gasteiger partial charge in [-0.05, 0) is 30.5 Å². The van der Waals surface area contributed by atoms with Gasteiger partial charge in [-0.3, -0.25) is 5.10 Å². The number of nitrogens with one attached hydrogen (secondary N) is 1. The average molecular weight is 289 g/mol. The van der Waals surface area contributed by atoms with Crippen LogP contribution in [0.3, 0.4) is 0 Å². The lowest BCUT2D eigenvalue weighted by atomic mass is 10.1. The van der Waals surface area contributed by atoms with Crippen molar-refractivity contribution in [2.24, 2.45) is 11.7 Å². The molecule has 5 nitrogen and oxygen atoms in total. The molecule has 0 spiro atoms. The van der Waals surface area contributed by atoms with E-state index in [2.05, 4.69) is 24.0 Å². The summed E-state index contributed by atoms with van der Waals surface area (Å²) in [6, 6.07) is 5.85. The summed E-state index contributed by atoms with van der Waals surface area (Å²) in [7, 11) is 1.64. The molecule has 0 radical (unpaired) electrons. The van der Waals surface area contributed by atoms with Gasteiger partial charge in [-0.1, -0.05) is 13.8 Å². The molecular weight excluding hydrogens is 266 g/mol. The van der Waals surface area contributed by atoms with Crippen molar-refractivity contribution < 1.29 is 9.47 Å². The molecule has 2 rings (SSSR count). The number of rotatable bonds is 7. The predicted molar refractivity (Wildman–Crippen MR) is 83.4 cm³/mol. The third kappa shape index (κ3) is 3.76. The highest BCUT2D eigenvalue weighted by Gasteiger charge is 2.11. The minimum Gasteiger partial charge on any atom is -0.493 e. The van der Waals surface area contributed by atoms with E-state index in [4.69, 9.17) is 15.2 Å². The Balaban J connectivity index is 2.20. The third-order valence-electron chi connectivity index (χ3n) is 3.34. The summed E-state index contributed by atoms with van der Waals surface area (Å²) in [5.74, 6) is 2.09. The van der Waals surface area contributed by atoms with Gasteiger partial charge in [0, 0.05) is 17.7 Å². The van der Waals surface area contributed by atoms with E-state index in [0.717, 1.165) is 29.0 Å². The maximum absolute atomic E-state index is 5.79. The fourth-order valence-electron chi connectivity index (χ4n) is 2.06. The van der Waals surface area contributed by atoms with E-state index in [1.807, 2.05) is 18.2 Å². The number of ether oxygens (including phenoxy) is 2. The van der Waals surface area contributed by atoms with Crippen LogP contribution in [0, 0.1) is 5.92 Å². The van der Waals surface area contributed by atoms with Gasteiger partial charge in [-0.2, -0.15) is 5.10 Å². The van der Waals surface area contributed by atoms with Gasteiger partial charge >= 0.3 is 0 Å². The van der Waals surface area contributed by atoms with Crippen LogP contribution in [0.15, 0.2) is 24.4 Å². The molecular formula is C16H23N3O2. The van der Waals surface area contributed by atoms with E-state index >= 15 is 0 Å². The average Bonchev–Trinajstić information content (AvgIpc) is 2.95. The fraction of sp³-hybridized carbons (Fsp3) is 0.438. The van der Waals surface area contributed by atoms with E-state index in [0.29, 0.717) is 24.8 Å². The highest BCUT2D eigenvalue weighted by molar-refractivity contribution is 5.66. The van der Waals surface area contributed by atoms with E-state index in [1.165, 1.54) is 0 Å². The molecule has 0 saturated heterocycles. The lowest BCUT2D eigenvalue weighted by molar-refractivity contribution is 0.273. The predicted octanol–water partition coefficient (Wildman–Crippen LogP) is 2.97. The first-order chi connectivity index (χ1) is 10.2. The third-order valence-corrected chi connectivity index (χ3v) is 3.34. The topological polar surface area (TPSA) is 73.2 Å². The van der Waals surface area contributed by atoms with E-state index < -0.39 is 0 Å². The van der Waals surface area contributed by atoms with Gasteiger partial charge in [0.05, 0.1) is 25.6 Å². The molecule has 1 heterocycles. The first-order valence-electron chi connectivity index (χ1n) is 7.19. The Morgan fingerprint density at radius 2 is 2.10 bits per heavy atom. The van der Waals surface area contributed by atoms with E-state index in [9.17, 15) is 0 Å². The monoisotopic (exact) mass is 289 g/mol. The van der Waals surface area contributed by atoms with Crippen molar-refractivity contribution in [2.45, 2.75) is 26.8 Å². The van der Waals surface area contributed by atoms with Crippen molar-refractivity contribution in [3.8, 4) is 22.8 Å². The van der Waals surface area contributed by atoms with Crippen molar-refractivity contribution in [1.82, 2.24) is 10.2 Å². The van der Waals surface area contributed by atoms with Gasteiger partial charge in [-0.25, -0.2) is 0 Å². The molecule has 5 heteroatoms. The van der Waals surface area contributed by atoms with Gasteiger partial charge < -0.3 is 15.2 Å². The molecule has 0 fully saturated rings. The lowest BCUT2D eigenvalue weighted by Gasteiger charge is -2.13. The molecule has 2 aromatic rings. The lowest BCUT2D eigenvalue weighted by Crippen LogP contribution is -2.03. The highest BCUT2D eigenvalue weighted by atomic mass is 16.5. The summed E-state index contributed by atoms with van der Waals surface area (Å²) in [5.41, 5.74) is 8.60. The summed E-state index contributed by atoms with van der Waals surface area (Å²) < 4.78 is 11.2. The van der Waals surface area contributed by atoms with Crippen LogP contribution in [0.2, 0.25) is 0 Å². The van der Waals surface area contributed by atoms with Gasteiger partial charge in [-0.15, -0.1) is 0 Å². The molecule has 0 aliphatic carbocycles. The smallest absolute Gasteiger partial charge is 0.161 e. The van der Waals surface area contributed by atoms with Crippen LogP contribution >= 0.6 is 0 Å². The van der Waals surface area contributed by atoms with Crippen LogP contribution in [0.1, 0.15) is 25.8 Å². The summed E-state index contributed by atoms with van der Waals surface area (Å²) >= 11 is 0. The largest absolute Gasteiger partial charge is 0.493 e. The van der Waals surface area contributed by atoms with Crippen molar-refractivity contribution in [3.63, 3.8) is 0 Å². The quantitative estimate of drug-likeness (QED) is 0.822. The normalized spacial score (nSPS) is 10.9. The maximum Gasteiger partial charge on any atom is 0.161 e. The van der Waals surface area contributed by atoms with Crippen LogP contribution in [0.25, 0.3) is 11.3 Å². The van der Waals surface area contributed by atoms with Gasteiger partial charge in [0.25, 0.3) is 0 Å². The van der Waals surface area contributed by atoms with Crippen LogP contribution < -0.4 is 15.2 Å². The van der Waals surface area contributed by atoms with Crippen LogP contribution in [-0.2, 0) is 6.54 Å². The molecule has 0 unspecified atom stereocenters. The highest BCUT2D eigenvalue weighted by Crippen LogP contribution is 2.33. The molecule has 0 atom stereocenters. The minimum atomic E-state index is 0.445. The number of methoxy groups -OCH3 is 1. The number of H-pyrrole nitrogens is 1. The molecule has 0 amide bonds. The zero-order valence-corrected chi connectivity index (χ0v) is 12.8. The number of nitrogens with two attached hydrogens (primary N) is 1. The Hall–Kier alpha value is -2.01. The standard InChI is InChI=1S/C16H23N3O2/c1-11(2)6-7-21-14-5-4-12(8-15(14)20-3)16-13(9-17)10-18-19-16/h4-5,8,10-11H,6-7,9,17H2,1-3H3,(H,18,19). The van der Waals surface area contributed by atoms with E-state index in [1.54, 1.807) is 13.3 Å². The summed E-state index contributed by atoms with van der Waals surface area (Å²) in [5, 5.41) is 7.01.